The van der Waals surface area contributed by atoms with E-state index in [1.165, 1.54) is 24.8 Å². The highest BCUT2D eigenvalue weighted by Gasteiger charge is 2.14. The topological polar surface area (TPSA) is 183 Å². The van der Waals surface area contributed by atoms with Crippen LogP contribution in [0.1, 0.15) is 48.4 Å². The second-order valence-electron chi connectivity index (χ2n) is 13.3. The number of aromatic carboxylic acids is 1. The van der Waals surface area contributed by atoms with Gasteiger partial charge < -0.3 is 20.5 Å². The number of benzene rings is 6. The van der Waals surface area contributed by atoms with Crippen LogP contribution in [0.3, 0.4) is 0 Å². The number of nitrogens with one attached hydrogen (secondary N) is 2. The van der Waals surface area contributed by atoms with E-state index >= 15 is 0 Å². The van der Waals surface area contributed by atoms with Crippen LogP contribution in [0.5, 0.6) is 0 Å². The molecule has 16 heteroatoms. The highest BCUT2D eigenvalue weighted by atomic mass is 35.5. The van der Waals surface area contributed by atoms with Gasteiger partial charge in [0.15, 0.2) is 0 Å². The molecule has 0 saturated carbocycles. The van der Waals surface area contributed by atoms with Crippen molar-refractivity contribution in [2.75, 3.05) is 17.2 Å². The Labute approximate surface area is 364 Å². The van der Waals surface area contributed by atoms with Gasteiger partial charge in [0, 0.05) is 43.7 Å². The molecule has 0 unspecified atom stereocenters. The summed E-state index contributed by atoms with van der Waals surface area (Å²) in [7, 11) is 0. The van der Waals surface area contributed by atoms with Crippen molar-refractivity contribution in [3.63, 3.8) is 0 Å². The van der Waals surface area contributed by atoms with Crippen LogP contribution in [0, 0.1) is 0 Å². The number of rotatable bonds is 11. The summed E-state index contributed by atoms with van der Waals surface area (Å²) in [6, 6.07) is 37.7. The fourth-order valence-corrected chi connectivity index (χ4v) is 6.51. The van der Waals surface area contributed by atoms with Crippen molar-refractivity contribution in [1.82, 2.24) is 29.5 Å². The molecular weight excluding hydrogens is 831 g/mol. The number of carbonyl (C=O) groups is 4. The minimum atomic E-state index is -1.00. The number of ether oxygens (including phenoxy) is 1. The lowest BCUT2D eigenvalue weighted by molar-refractivity contribution is 0.0525. The predicted molar refractivity (Wildman–Crippen MR) is 235 cm³/mol. The second-order valence-corrected chi connectivity index (χ2v) is 14.1. The number of amides is 2. The monoisotopic (exact) mass is 864 g/mol. The number of esters is 1. The molecule has 0 saturated heterocycles. The highest BCUT2D eigenvalue weighted by Crippen LogP contribution is 2.31. The Morgan fingerprint density at radius 1 is 0.565 bits per heavy atom. The molecule has 0 bridgehead atoms. The summed E-state index contributed by atoms with van der Waals surface area (Å²) < 4.78 is 8.25. The van der Waals surface area contributed by atoms with Gasteiger partial charge in [-0.05, 0) is 127 Å². The van der Waals surface area contributed by atoms with Gasteiger partial charge in [0.2, 0.25) is 0 Å². The molecule has 62 heavy (non-hydrogen) atoms. The van der Waals surface area contributed by atoms with Crippen LogP contribution in [-0.4, -0.2) is 65.0 Å². The van der Waals surface area contributed by atoms with Gasteiger partial charge in [0.05, 0.1) is 29.1 Å². The van der Waals surface area contributed by atoms with Crippen molar-refractivity contribution < 1.29 is 29.0 Å². The minimum Gasteiger partial charge on any atom is -0.478 e. The van der Waals surface area contributed by atoms with E-state index in [1.54, 1.807) is 126 Å². The van der Waals surface area contributed by atoms with Crippen LogP contribution in [0.15, 0.2) is 159 Å². The number of halogens is 2. The zero-order valence-electron chi connectivity index (χ0n) is 32.6. The molecule has 2 amide bonds. The van der Waals surface area contributed by atoms with E-state index in [9.17, 15) is 19.2 Å². The van der Waals surface area contributed by atoms with Crippen molar-refractivity contribution in [3.8, 4) is 33.6 Å². The fraction of sp³-hybridized carbons (Fsp3) is 0.0435. The van der Waals surface area contributed by atoms with E-state index in [4.69, 9.17) is 33.0 Å². The molecule has 0 fully saturated rings. The Bertz CT molecular complexity index is 2840. The number of hydrogen-bond acceptors (Lipinski definition) is 9. The first-order valence-electron chi connectivity index (χ1n) is 18.8. The van der Waals surface area contributed by atoms with E-state index in [0.717, 1.165) is 22.5 Å². The molecule has 0 aliphatic rings. The van der Waals surface area contributed by atoms with E-state index < -0.39 is 5.97 Å². The van der Waals surface area contributed by atoms with Gasteiger partial charge in [0.1, 0.15) is 25.3 Å². The Morgan fingerprint density at radius 3 is 1.34 bits per heavy atom. The van der Waals surface area contributed by atoms with Crippen molar-refractivity contribution in [2.45, 2.75) is 6.92 Å². The third-order valence-electron chi connectivity index (χ3n) is 9.22. The normalized spacial score (nSPS) is 10.6. The van der Waals surface area contributed by atoms with Crippen molar-refractivity contribution in [3.05, 3.63) is 191 Å². The quantitative estimate of drug-likeness (QED) is 0.106. The largest absolute Gasteiger partial charge is 0.478 e. The molecule has 0 atom stereocenters. The first-order chi connectivity index (χ1) is 30.1. The Balaban J connectivity index is 0.000000187. The Kier molecular flexibility index (Phi) is 13.2. The number of carboxylic acids is 1. The number of hydrogen-bond donors (Lipinski definition) is 3. The first-order valence-corrected chi connectivity index (χ1v) is 19.5. The van der Waals surface area contributed by atoms with Crippen LogP contribution >= 0.6 is 23.2 Å². The van der Waals surface area contributed by atoms with Gasteiger partial charge in [-0.3, -0.25) is 9.59 Å². The van der Waals surface area contributed by atoms with Crippen LogP contribution in [0.25, 0.3) is 33.6 Å². The maximum Gasteiger partial charge on any atom is 0.338 e. The fourth-order valence-electron chi connectivity index (χ4n) is 6.05. The van der Waals surface area contributed by atoms with Crippen LogP contribution < -0.4 is 10.6 Å². The van der Waals surface area contributed by atoms with Crippen LogP contribution in [-0.2, 0) is 4.74 Å². The average Bonchev–Trinajstić information content (AvgIpc) is 4.04. The number of aromatic nitrogens is 6. The van der Waals surface area contributed by atoms with E-state index in [1.807, 2.05) is 24.3 Å². The maximum atomic E-state index is 12.8. The minimum absolute atomic E-state index is 0.179. The van der Waals surface area contributed by atoms with Crippen LogP contribution in [0.4, 0.5) is 11.4 Å². The molecule has 14 nitrogen and oxygen atoms in total. The Morgan fingerprint density at radius 2 is 0.968 bits per heavy atom. The average molecular weight is 866 g/mol. The molecule has 2 aromatic heterocycles. The highest BCUT2D eigenvalue weighted by molar-refractivity contribution is 6.34. The molecule has 0 aliphatic heterocycles. The molecule has 8 aromatic rings. The zero-order chi connectivity index (χ0) is 43.6. The molecule has 8 rings (SSSR count). The molecule has 0 spiro atoms. The van der Waals surface area contributed by atoms with Gasteiger partial charge >= 0.3 is 11.9 Å². The molecule has 0 aliphatic carbocycles. The molecular formula is C46H34Cl2N8O6. The van der Waals surface area contributed by atoms with E-state index in [2.05, 4.69) is 30.8 Å². The van der Waals surface area contributed by atoms with Gasteiger partial charge in [-0.1, -0.05) is 47.5 Å². The molecule has 0 radical (unpaired) electrons. The van der Waals surface area contributed by atoms with Gasteiger partial charge in [-0.2, -0.15) is 10.2 Å². The van der Waals surface area contributed by atoms with Crippen LogP contribution in [0.2, 0.25) is 10.0 Å². The summed E-state index contributed by atoms with van der Waals surface area (Å²) in [6.07, 6.45) is 6.09. The third kappa shape index (κ3) is 10.3. The number of carbonyl (C=O) groups excluding carboxylic acids is 3. The predicted octanol–water partition coefficient (Wildman–Crippen LogP) is 9.55. The maximum absolute atomic E-state index is 12.8. The van der Waals surface area contributed by atoms with Crippen molar-refractivity contribution >= 4 is 58.3 Å². The summed E-state index contributed by atoms with van der Waals surface area (Å²) in [5.41, 5.74) is 7.29. The molecule has 3 N–H and O–H groups in total. The zero-order valence-corrected chi connectivity index (χ0v) is 34.2. The standard InChI is InChI=1S/C24H19ClN4O3.C22H15ClN4O3/c1-2-32-24(31)17-5-3-16(4-6-17)21-13-18(7-12-22(21)25)23(30)28-19-8-10-20(11-9-19)29-15-26-14-27-29;23-20-10-5-16(11-19(20)14-1-3-15(4-2-14)22(29)30)21(28)26-17-6-8-18(9-7-17)27-13-24-12-25-27/h3-15H,2H2,1H3,(H,28,30);1-13H,(H,26,28)(H,29,30). The third-order valence-corrected chi connectivity index (χ3v) is 9.88. The van der Waals surface area contributed by atoms with Crippen molar-refractivity contribution in [1.29, 1.82) is 0 Å². The molecule has 2 heterocycles. The van der Waals surface area contributed by atoms with E-state index in [0.29, 0.717) is 55.8 Å². The Hall–Kier alpha value is -7.94. The lowest BCUT2D eigenvalue weighted by Gasteiger charge is -2.10. The SMILES string of the molecule is CCOC(=O)c1ccc(-c2cc(C(=O)Nc3ccc(-n4cncn4)cc3)ccc2Cl)cc1.O=C(O)c1ccc(-c2cc(C(=O)Nc3ccc(-n4cncn4)cc3)ccc2Cl)cc1. The summed E-state index contributed by atoms with van der Waals surface area (Å²) in [5, 5.41) is 23.9. The summed E-state index contributed by atoms with van der Waals surface area (Å²) in [6.45, 7) is 2.07. The summed E-state index contributed by atoms with van der Waals surface area (Å²) >= 11 is 12.7. The number of nitrogens with zero attached hydrogens (tertiary/aromatic N) is 6. The smallest absolute Gasteiger partial charge is 0.338 e. The first kappa shape index (κ1) is 42.2. The molecule has 308 valence electrons. The van der Waals surface area contributed by atoms with Gasteiger partial charge in [-0.25, -0.2) is 28.9 Å². The second kappa shape index (κ2) is 19.4. The van der Waals surface area contributed by atoms with Gasteiger partial charge in [-0.15, -0.1) is 0 Å². The number of carboxylic acid groups (broad SMARTS) is 1. The van der Waals surface area contributed by atoms with E-state index in [-0.39, 0.29) is 23.3 Å². The van der Waals surface area contributed by atoms with Crippen molar-refractivity contribution in [2.24, 2.45) is 0 Å². The lowest BCUT2D eigenvalue weighted by Crippen LogP contribution is -2.12. The lowest BCUT2D eigenvalue weighted by atomic mass is 10.0. The van der Waals surface area contributed by atoms with Gasteiger partial charge in [0.25, 0.3) is 11.8 Å². The number of anilines is 2. The summed E-state index contributed by atoms with van der Waals surface area (Å²) in [5.74, 6) is -1.94. The molecule has 6 aromatic carbocycles. The summed E-state index contributed by atoms with van der Waals surface area (Å²) in [4.78, 5) is 56.2.